The highest BCUT2D eigenvalue weighted by atomic mass is 79.9. The zero-order chi connectivity index (χ0) is 14.2. The van der Waals surface area contributed by atoms with Crippen molar-refractivity contribution in [2.75, 3.05) is 23.3 Å². The third-order valence-electron chi connectivity index (χ3n) is 3.07. The van der Waals surface area contributed by atoms with Crippen molar-refractivity contribution < 1.29 is 14.7 Å². The van der Waals surface area contributed by atoms with Crippen LogP contribution < -0.4 is 10.2 Å². The van der Waals surface area contributed by atoms with Crippen LogP contribution in [-0.4, -0.2) is 30.1 Å². The minimum Gasteiger partial charge on any atom is -0.481 e. The number of halogens is 1. The van der Waals surface area contributed by atoms with Gasteiger partial charge in [0.25, 0.3) is 0 Å². The molecule has 0 fully saturated rings. The molecular weight excluding hydrogens is 312 g/mol. The molecule has 1 heterocycles. The molecule has 1 aliphatic heterocycles. The molecule has 102 valence electrons. The second kappa shape index (κ2) is 4.85. The first-order chi connectivity index (χ1) is 8.79. The van der Waals surface area contributed by atoms with E-state index in [9.17, 15) is 14.7 Å². The van der Waals surface area contributed by atoms with Gasteiger partial charge in [-0.05, 0) is 32.0 Å². The van der Waals surface area contributed by atoms with E-state index in [4.69, 9.17) is 0 Å². The van der Waals surface area contributed by atoms with E-state index in [2.05, 4.69) is 21.2 Å². The second-order valence-electron chi connectivity index (χ2n) is 5.25. The molecule has 1 aromatic rings. The Morgan fingerprint density at radius 3 is 2.84 bits per heavy atom. The summed E-state index contributed by atoms with van der Waals surface area (Å²) in [5.74, 6) is -1.01. The number of amides is 1. The number of fused-ring (bicyclic) bond motifs is 1. The summed E-state index contributed by atoms with van der Waals surface area (Å²) in [5.41, 5.74) is 0.626. The van der Waals surface area contributed by atoms with Gasteiger partial charge in [-0.1, -0.05) is 15.9 Å². The smallest absolute Gasteiger partial charge is 0.310 e. The molecule has 2 N–H and O–H groups in total. The molecule has 0 unspecified atom stereocenters. The molecule has 0 spiro atoms. The van der Waals surface area contributed by atoms with Crippen LogP contribution in [0.1, 0.15) is 13.8 Å². The number of aliphatic carboxylic acids is 1. The number of nitrogens with zero attached hydrogens (tertiary/aromatic N) is 1. The largest absolute Gasteiger partial charge is 0.481 e. The first-order valence-corrected chi connectivity index (χ1v) is 6.67. The van der Waals surface area contributed by atoms with Crippen molar-refractivity contribution in [2.24, 2.45) is 5.41 Å². The van der Waals surface area contributed by atoms with Crippen LogP contribution in [0.15, 0.2) is 22.7 Å². The Balaban J connectivity index is 2.35. The van der Waals surface area contributed by atoms with E-state index < -0.39 is 11.4 Å². The van der Waals surface area contributed by atoms with Crippen LogP contribution in [0.5, 0.6) is 0 Å². The molecule has 0 saturated heterocycles. The predicted molar refractivity (Wildman–Crippen MR) is 76.4 cm³/mol. The maximum atomic E-state index is 11.7. The molecule has 0 aromatic heterocycles. The first kappa shape index (κ1) is 13.9. The van der Waals surface area contributed by atoms with Crippen LogP contribution in [-0.2, 0) is 9.59 Å². The third kappa shape index (κ3) is 2.89. The summed E-state index contributed by atoms with van der Waals surface area (Å²) in [5, 5.41) is 12.0. The lowest BCUT2D eigenvalue weighted by Gasteiger charge is -2.35. The second-order valence-corrected chi connectivity index (χ2v) is 6.17. The number of rotatable bonds is 3. The van der Waals surface area contributed by atoms with Crippen LogP contribution in [0.25, 0.3) is 0 Å². The van der Waals surface area contributed by atoms with E-state index in [1.807, 2.05) is 12.1 Å². The molecule has 6 heteroatoms. The summed E-state index contributed by atoms with van der Waals surface area (Å²) in [7, 11) is 0. The molecule has 19 heavy (non-hydrogen) atoms. The van der Waals surface area contributed by atoms with Crippen LogP contribution in [0.2, 0.25) is 0 Å². The summed E-state index contributed by atoms with van der Waals surface area (Å²) < 4.78 is 0.889. The monoisotopic (exact) mass is 326 g/mol. The van der Waals surface area contributed by atoms with Gasteiger partial charge in [-0.25, -0.2) is 0 Å². The van der Waals surface area contributed by atoms with Gasteiger partial charge in [0.2, 0.25) is 5.91 Å². The van der Waals surface area contributed by atoms with E-state index in [-0.39, 0.29) is 19.0 Å². The normalized spacial score (nSPS) is 14.9. The van der Waals surface area contributed by atoms with Gasteiger partial charge in [-0.3, -0.25) is 9.59 Å². The number of benzene rings is 1. The van der Waals surface area contributed by atoms with Gasteiger partial charge in [-0.2, -0.15) is 0 Å². The zero-order valence-corrected chi connectivity index (χ0v) is 12.3. The summed E-state index contributed by atoms with van der Waals surface area (Å²) in [6, 6.07) is 5.52. The number of anilines is 2. The number of carbonyl (C=O) groups is 2. The fourth-order valence-corrected chi connectivity index (χ4v) is 2.36. The lowest BCUT2D eigenvalue weighted by molar-refractivity contribution is -0.146. The maximum Gasteiger partial charge on any atom is 0.310 e. The number of nitrogens with one attached hydrogen (secondary N) is 1. The summed E-state index contributed by atoms with van der Waals surface area (Å²) in [6.45, 7) is 3.75. The number of carboxylic acids is 1. The Kier molecular flexibility index (Phi) is 3.54. The Hall–Kier alpha value is -1.56. The molecule has 1 aromatic carbocycles. The zero-order valence-electron chi connectivity index (χ0n) is 10.7. The van der Waals surface area contributed by atoms with E-state index in [1.165, 1.54) is 0 Å². The lowest BCUT2D eigenvalue weighted by Crippen LogP contribution is -2.45. The molecular formula is C13H15BrN2O3. The topological polar surface area (TPSA) is 69.6 Å². The number of carboxylic acid groups (broad SMARTS) is 1. The van der Waals surface area contributed by atoms with Crippen LogP contribution in [0.4, 0.5) is 11.4 Å². The van der Waals surface area contributed by atoms with E-state index in [0.717, 1.165) is 10.2 Å². The molecule has 2 rings (SSSR count). The Labute approximate surface area is 119 Å². The van der Waals surface area contributed by atoms with Gasteiger partial charge in [0.05, 0.1) is 23.3 Å². The number of hydrogen-bond donors (Lipinski definition) is 2. The number of hydrogen-bond acceptors (Lipinski definition) is 3. The Morgan fingerprint density at radius 2 is 2.21 bits per heavy atom. The standard InChI is InChI=1S/C13H15BrN2O3/c1-13(2,12(18)19)7-16-6-11(17)15-9-4-3-8(14)5-10(9)16/h3-5H,6-7H2,1-2H3,(H,15,17)(H,18,19). The van der Waals surface area contributed by atoms with Crippen molar-refractivity contribution in [3.63, 3.8) is 0 Å². The third-order valence-corrected chi connectivity index (χ3v) is 3.57. The summed E-state index contributed by atoms with van der Waals surface area (Å²) in [4.78, 5) is 24.7. The van der Waals surface area contributed by atoms with Crippen LogP contribution in [0, 0.1) is 5.41 Å². The molecule has 1 aliphatic rings. The SMILES string of the molecule is CC(C)(CN1CC(=O)Nc2ccc(Br)cc21)C(=O)O. The van der Waals surface area contributed by atoms with Gasteiger partial charge in [0, 0.05) is 11.0 Å². The van der Waals surface area contributed by atoms with Gasteiger partial charge >= 0.3 is 5.97 Å². The molecule has 0 saturated carbocycles. The van der Waals surface area contributed by atoms with Gasteiger partial charge in [0.15, 0.2) is 0 Å². The van der Waals surface area contributed by atoms with Crippen molar-refractivity contribution in [1.82, 2.24) is 0 Å². The number of carbonyl (C=O) groups excluding carboxylic acids is 1. The fraction of sp³-hybridized carbons (Fsp3) is 0.385. The first-order valence-electron chi connectivity index (χ1n) is 5.87. The van der Waals surface area contributed by atoms with E-state index in [1.54, 1.807) is 24.8 Å². The maximum absolute atomic E-state index is 11.7. The van der Waals surface area contributed by atoms with Crippen molar-refractivity contribution in [3.8, 4) is 0 Å². The van der Waals surface area contributed by atoms with Crippen molar-refractivity contribution in [1.29, 1.82) is 0 Å². The minimum absolute atomic E-state index is 0.129. The van der Waals surface area contributed by atoms with Gasteiger partial charge in [0.1, 0.15) is 0 Å². The van der Waals surface area contributed by atoms with Crippen molar-refractivity contribution in [2.45, 2.75) is 13.8 Å². The van der Waals surface area contributed by atoms with E-state index >= 15 is 0 Å². The molecule has 1 amide bonds. The molecule has 0 radical (unpaired) electrons. The van der Waals surface area contributed by atoms with Crippen molar-refractivity contribution in [3.05, 3.63) is 22.7 Å². The minimum atomic E-state index is -0.919. The highest BCUT2D eigenvalue weighted by Gasteiger charge is 2.33. The molecule has 5 nitrogen and oxygen atoms in total. The van der Waals surface area contributed by atoms with Crippen molar-refractivity contribution >= 4 is 39.2 Å². The quantitative estimate of drug-likeness (QED) is 0.894. The van der Waals surface area contributed by atoms with Crippen LogP contribution >= 0.6 is 15.9 Å². The highest BCUT2D eigenvalue weighted by Crippen LogP contribution is 2.34. The van der Waals surface area contributed by atoms with E-state index in [0.29, 0.717) is 5.69 Å². The van der Waals surface area contributed by atoms with Crippen LogP contribution in [0.3, 0.4) is 0 Å². The summed E-state index contributed by atoms with van der Waals surface area (Å²) in [6.07, 6.45) is 0. The summed E-state index contributed by atoms with van der Waals surface area (Å²) >= 11 is 3.39. The highest BCUT2D eigenvalue weighted by molar-refractivity contribution is 9.10. The molecule has 0 bridgehead atoms. The molecule has 0 aliphatic carbocycles. The average Bonchev–Trinajstić information content (AvgIpc) is 2.29. The average molecular weight is 327 g/mol. The Morgan fingerprint density at radius 1 is 1.53 bits per heavy atom. The van der Waals surface area contributed by atoms with Gasteiger partial charge in [-0.15, -0.1) is 0 Å². The fourth-order valence-electron chi connectivity index (χ4n) is 2.01. The van der Waals surface area contributed by atoms with Gasteiger partial charge < -0.3 is 15.3 Å². The Bertz CT molecular complexity index is 543. The molecule has 0 atom stereocenters. The predicted octanol–water partition coefficient (Wildman–Crippen LogP) is 2.32. The lowest BCUT2D eigenvalue weighted by atomic mass is 9.92.